The van der Waals surface area contributed by atoms with Gasteiger partial charge >= 0.3 is 0 Å². The minimum absolute atomic E-state index is 0.372. The molecule has 0 aromatic rings. The van der Waals surface area contributed by atoms with Crippen LogP contribution in [0, 0.1) is 5.41 Å². The molecule has 1 aliphatic carbocycles. The number of rotatable bonds is 0. The first-order valence-electron chi connectivity index (χ1n) is 3.55. The lowest BCUT2D eigenvalue weighted by Crippen LogP contribution is -2.25. The summed E-state index contributed by atoms with van der Waals surface area (Å²) in [4.78, 5) is 0. The second-order valence-electron chi connectivity index (χ2n) is 3.22. The van der Waals surface area contributed by atoms with Crippen LogP contribution in [0.15, 0.2) is 10.3 Å². The summed E-state index contributed by atoms with van der Waals surface area (Å²) in [6.45, 7) is 3.76. The third-order valence-electron chi connectivity index (χ3n) is 2.28. The second-order valence-corrected chi connectivity index (χ2v) is 3.22. The highest BCUT2D eigenvalue weighted by molar-refractivity contribution is 6.16. The van der Waals surface area contributed by atoms with Gasteiger partial charge in [0.05, 0.1) is 11.4 Å². The molecule has 0 aliphatic heterocycles. The van der Waals surface area contributed by atoms with Crippen molar-refractivity contribution in [3.8, 4) is 0 Å². The Morgan fingerprint density at radius 2 is 1.45 bits per heavy atom. The Bertz CT molecular complexity index is 196. The maximum atomic E-state index is 8.57. The van der Waals surface area contributed by atoms with Crippen LogP contribution < -0.4 is 0 Å². The number of oxime groups is 2. The average molecular weight is 156 g/mol. The predicted molar refractivity (Wildman–Crippen MR) is 41.5 cm³/mol. The molecule has 1 fully saturated rings. The molecule has 1 aliphatic rings. The van der Waals surface area contributed by atoms with Crippen molar-refractivity contribution in [3.63, 3.8) is 0 Å². The van der Waals surface area contributed by atoms with E-state index >= 15 is 0 Å². The molecular formula is C7H12N2O2. The van der Waals surface area contributed by atoms with Gasteiger partial charge in [0.2, 0.25) is 0 Å². The molecule has 62 valence electrons. The van der Waals surface area contributed by atoms with Gasteiger partial charge in [-0.3, -0.25) is 0 Å². The largest absolute Gasteiger partial charge is 0.411 e. The number of hydrogen-bond acceptors (Lipinski definition) is 4. The Balaban J connectivity index is 2.99. The second kappa shape index (κ2) is 2.53. The van der Waals surface area contributed by atoms with Gasteiger partial charge in [-0.1, -0.05) is 10.3 Å². The van der Waals surface area contributed by atoms with Crippen LogP contribution in [-0.4, -0.2) is 21.8 Å². The monoisotopic (exact) mass is 156 g/mol. The van der Waals surface area contributed by atoms with Crippen LogP contribution in [0.5, 0.6) is 0 Å². The van der Waals surface area contributed by atoms with Gasteiger partial charge in [0.1, 0.15) is 0 Å². The van der Waals surface area contributed by atoms with Gasteiger partial charge in [0.25, 0.3) is 0 Å². The van der Waals surface area contributed by atoms with E-state index in [0.717, 1.165) is 0 Å². The molecule has 1 saturated carbocycles. The molecule has 0 saturated heterocycles. The van der Waals surface area contributed by atoms with Gasteiger partial charge in [-0.05, 0) is 26.7 Å². The molecule has 11 heavy (non-hydrogen) atoms. The molecule has 0 aromatic carbocycles. The minimum Gasteiger partial charge on any atom is -0.411 e. The van der Waals surface area contributed by atoms with Gasteiger partial charge in [-0.2, -0.15) is 0 Å². The van der Waals surface area contributed by atoms with Crippen LogP contribution in [-0.2, 0) is 0 Å². The topological polar surface area (TPSA) is 65.2 Å². The summed E-state index contributed by atoms with van der Waals surface area (Å²) in [6, 6.07) is 0. The molecule has 0 heterocycles. The molecule has 0 bridgehead atoms. The highest BCUT2D eigenvalue weighted by Gasteiger charge is 2.38. The fourth-order valence-electron chi connectivity index (χ4n) is 1.38. The van der Waals surface area contributed by atoms with Crippen molar-refractivity contribution in [2.45, 2.75) is 26.7 Å². The van der Waals surface area contributed by atoms with Gasteiger partial charge in [0, 0.05) is 5.41 Å². The number of nitrogens with zero attached hydrogens (tertiary/aromatic N) is 2. The number of hydrogen-bond donors (Lipinski definition) is 2. The third kappa shape index (κ3) is 1.08. The predicted octanol–water partition coefficient (Wildman–Crippen LogP) is 1.47. The first-order valence-corrected chi connectivity index (χ1v) is 3.55. The first kappa shape index (κ1) is 8.04. The van der Waals surface area contributed by atoms with Crippen LogP contribution >= 0.6 is 0 Å². The van der Waals surface area contributed by atoms with E-state index in [0.29, 0.717) is 24.3 Å². The molecule has 4 heteroatoms. The van der Waals surface area contributed by atoms with Gasteiger partial charge in [-0.15, -0.1) is 0 Å². The van der Waals surface area contributed by atoms with E-state index in [1.54, 1.807) is 0 Å². The van der Waals surface area contributed by atoms with Crippen molar-refractivity contribution >= 4 is 11.4 Å². The van der Waals surface area contributed by atoms with Crippen LogP contribution in [0.4, 0.5) is 0 Å². The van der Waals surface area contributed by atoms with Gasteiger partial charge in [0.15, 0.2) is 0 Å². The van der Waals surface area contributed by atoms with E-state index in [1.165, 1.54) is 0 Å². The van der Waals surface area contributed by atoms with E-state index in [4.69, 9.17) is 10.4 Å². The maximum absolute atomic E-state index is 8.57. The van der Waals surface area contributed by atoms with E-state index in [1.807, 2.05) is 13.8 Å². The van der Waals surface area contributed by atoms with Crippen molar-refractivity contribution in [2.24, 2.45) is 15.7 Å². The van der Waals surface area contributed by atoms with E-state index in [-0.39, 0.29) is 5.41 Å². The molecule has 1 rings (SSSR count). The smallest absolute Gasteiger partial charge is 0.0688 e. The van der Waals surface area contributed by atoms with E-state index in [2.05, 4.69) is 10.3 Å². The van der Waals surface area contributed by atoms with Crippen molar-refractivity contribution < 1.29 is 10.4 Å². The average Bonchev–Trinajstić information content (AvgIpc) is 2.24. The highest BCUT2D eigenvalue weighted by Crippen LogP contribution is 2.31. The molecule has 0 radical (unpaired) electrons. The van der Waals surface area contributed by atoms with Crippen molar-refractivity contribution in [1.29, 1.82) is 0 Å². The molecule has 2 N–H and O–H groups in total. The maximum Gasteiger partial charge on any atom is 0.0688 e. The fourth-order valence-corrected chi connectivity index (χ4v) is 1.38. The van der Waals surface area contributed by atoms with E-state index in [9.17, 15) is 0 Å². The summed E-state index contributed by atoms with van der Waals surface area (Å²) < 4.78 is 0. The van der Waals surface area contributed by atoms with Crippen molar-refractivity contribution in [3.05, 3.63) is 0 Å². The Morgan fingerprint density at radius 3 is 1.64 bits per heavy atom. The summed E-state index contributed by atoms with van der Waals surface area (Å²) >= 11 is 0. The molecule has 0 unspecified atom stereocenters. The molecule has 0 atom stereocenters. The zero-order chi connectivity index (χ0) is 8.48. The summed E-state index contributed by atoms with van der Waals surface area (Å²) in [6.07, 6.45) is 1.37. The van der Waals surface area contributed by atoms with Crippen LogP contribution in [0.3, 0.4) is 0 Å². The lowest BCUT2D eigenvalue weighted by atomic mass is 9.88. The van der Waals surface area contributed by atoms with Gasteiger partial charge in [-0.25, -0.2) is 0 Å². The SMILES string of the molecule is CC1(C)/C(=N/O)CC/C1=N\O. The summed E-state index contributed by atoms with van der Waals surface area (Å²) in [7, 11) is 0. The van der Waals surface area contributed by atoms with E-state index < -0.39 is 0 Å². The standard InChI is InChI=1S/C7H12N2O2/c1-7(2)5(8-10)3-4-6(7)9-11/h10-11H,3-4H2,1-2H3/b8-5+,9-6+. The fraction of sp³-hybridized carbons (Fsp3) is 0.714. The molecular weight excluding hydrogens is 144 g/mol. The van der Waals surface area contributed by atoms with Gasteiger partial charge < -0.3 is 10.4 Å². The third-order valence-corrected chi connectivity index (χ3v) is 2.28. The summed E-state index contributed by atoms with van der Waals surface area (Å²) in [5.41, 5.74) is 0.999. The Kier molecular flexibility index (Phi) is 1.85. The van der Waals surface area contributed by atoms with Crippen molar-refractivity contribution in [1.82, 2.24) is 0 Å². The molecule has 4 nitrogen and oxygen atoms in total. The zero-order valence-electron chi connectivity index (χ0n) is 6.70. The van der Waals surface area contributed by atoms with Crippen molar-refractivity contribution in [2.75, 3.05) is 0 Å². The lowest BCUT2D eigenvalue weighted by Gasteiger charge is -2.16. The normalized spacial score (nSPS) is 30.0. The minimum atomic E-state index is -0.372. The summed E-state index contributed by atoms with van der Waals surface area (Å²) in [5.74, 6) is 0. The molecule has 0 aromatic heterocycles. The lowest BCUT2D eigenvalue weighted by molar-refractivity contribution is 0.308. The Labute approximate surface area is 65.2 Å². The van der Waals surface area contributed by atoms with Crippen LogP contribution in [0.1, 0.15) is 26.7 Å². The first-order chi connectivity index (χ1) is 5.12. The Morgan fingerprint density at radius 1 is 1.09 bits per heavy atom. The quantitative estimate of drug-likeness (QED) is 0.412. The Hall–Kier alpha value is -1.06. The molecule has 0 spiro atoms. The van der Waals surface area contributed by atoms with Crippen LogP contribution in [0.25, 0.3) is 0 Å². The van der Waals surface area contributed by atoms with Crippen LogP contribution in [0.2, 0.25) is 0 Å². The molecule has 0 amide bonds. The summed E-state index contributed by atoms with van der Waals surface area (Å²) in [5, 5.41) is 23.5. The zero-order valence-corrected chi connectivity index (χ0v) is 6.70. The highest BCUT2D eigenvalue weighted by atomic mass is 16.4.